The molecule has 0 fully saturated rings. The summed E-state index contributed by atoms with van der Waals surface area (Å²) >= 11 is 0. The molecule has 8 nitrogen and oxygen atoms in total. The molecule has 1 aromatic heterocycles. The summed E-state index contributed by atoms with van der Waals surface area (Å²) < 4.78 is 12.3. The zero-order chi connectivity index (χ0) is 20.1. The Morgan fingerprint density at radius 2 is 1.81 bits per heavy atom. The van der Waals surface area contributed by atoms with Crippen LogP contribution < -0.4 is 10.1 Å². The van der Waals surface area contributed by atoms with Gasteiger partial charge < -0.3 is 14.8 Å². The summed E-state index contributed by atoms with van der Waals surface area (Å²) in [4.78, 5) is 24.5. The van der Waals surface area contributed by atoms with E-state index < -0.39 is 24.1 Å². The predicted molar refractivity (Wildman–Crippen MR) is 98.1 cm³/mol. The minimum absolute atomic E-state index is 0.428. The number of rotatable bonds is 6. The Kier molecular flexibility index (Phi) is 6.19. The number of carbonyl (C=O) groups excluding carboxylic acids is 2. The van der Waals surface area contributed by atoms with Crippen LogP contribution in [0.15, 0.2) is 24.3 Å². The van der Waals surface area contributed by atoms with Gasteiger partial charge in [0.15, 0.2) is 12.2 Å². The maximum atomic E-state index is 12.3. The van der Waals surface area contributed by atoms with Crippen LogP contribution in [-0.4, -0.2) is 33.9 Å². The third-order valence-electron chi connectivity index (χ3n) is 4.05. The molecule has 0 aliphatic carbocycles. The molecule has 0 bridgehead atoms. The lowest BCUT2D eigenvalue weighted by Gasteiger charge is -2.18. The summed E-state index contributed by atoms with van der Waals surface area (Å²) in [5.74, 6) is -0.688. The lowest BCUT2D eigenvalue weighted by molar-refractivity contribution is -0.159. The molecule has 142 valence electrons. The van der Waals surface area contributed by atoms with Gasteiger partial charge in [0.1, 0.15) is 5.75 Å². The first kappa shape index (κ1) is 20.0. The minimum Gasteiger partial charge on any atom is -0.479 e. The molecular formula is C19H22N4O4. The van der Waals surface area contributed by atoms with Crippen LogP contribution in [0.1, 0.15) is 30.8 Å². The fraction of sp³-hybridized carbons (Fsp3) is 0.368. The van der Waals surface area contributed by atoms with Gasteiger partial charge in [0, 0.05) is 7.05 Å². The van der Waals surface area contributed by atoms with Crippen LogP contribution in [0, 0.1) is 25.2 Å². The van der Waals surface area contributed by atoms with Gasteiger partial charge in [0.25, 0.3) is 5.91 Å². The normalized spacial score (nSPS) is 12.6. The number of nitrogens with one attached hydrogen (secondary N) is 1. The molecule has 1 heterocycles. The van der Waals surface area contributed by atoms with E-state index in [4.69, 9.17) is 14.7 Å². The van der Waals surface area contributed by atoms with E-state index in [9.17, 15) is 9.59 Å². The molecule has 27 heavy (non-hydrogen) atoms. The van der Waals surface area contributed by atoms with E-state index in [-0.39, 0.29) is 0 Å². The molecule has 0 saturated carbocycles. The van der Waals surface area contributed by atoms with Crippen molar-refractivity contribution < 1.29 is 19.1 Å². The van der Waals surface area contributed by atoms with Crippen molar-refractivity contribution in [2.24, 2.45) is 7.05 Å². The summed E-state index contributed by atoms with van der Waals surface area (Å²) in [6, 6.07) is 8.35. The van der Waals surface area contributed by atoms with Gasteiger partial charge in [0.05, 0.1) is 28.7 Å². The van der Waals surface area contributed by atoms with Gasteiger partial charge in [0.2, 0.25) is 0 Å². The minimum atomic E-state index is -0.997. The smallest absolute Gasteiger partial charge is 0.347 e. The largest absolute Gasteiger partial charge is 0.479 e. The molecule has 0 unspecified atom stereocenters. The second kappa shape index (κ2) is 8.36. The number of aryl methyl sites for hydroxylation is 2. The molecule has 0 spiro atoms. The van der Waals surface area contributed by atoms with E-state index in [0.717, 1.165) is 5.69 Å². The quantitative estimate of drug-likeness (QED) is 0.782. The fourth-order valence-corrected chi connectivity index (χ4v) is 2.36. The van der Waals surface area contributed by atoms with E-state index >= 15 is 0 Å². The number of nitrogens with zero attached hydrogens (tertiary/aromatic N) is 3. The summed E-state index contributed by atoms with van der Waals surface area (Å²) in [5, 5.41) is 15.7. The molecule has 0 aliphatic rings. The van der Waals surface area contributed by atoms with Crippen molar-refractivity contribution in [3.63, 3.8) is 0 Å². The topological polar surface area (TPSA) is 106 Å². The Hall–Kier alpha value is -3.34. The molecule has 8 heteroatoms. The highest BCUT2D eigenvalue weighted by Gasteiger charge is 2.24. The number of amides is 1. The molecule has 1 amide bonds. The lowest BCUT2D eigenvalue weighted by Crippen LogP contribution is -2.35. The Morgan fingerprint density at radius 3 is 2.33 bits per heavy atom. The van der Waals surface area contributed by atoms with Gasteiger partial charge in [-0.2, -0.15) is 10.4 Å². The first-order valence-electron chi connectivity index (χ1n) is 8.41. The third kappa shape index (κ3) is 4.85. The molecule has 0 aliphatic heterocycles. The Morgan fingerprint density at radius 1 is 1.19 bits per heavy atom. The number of hydrogen-bond donors (Lipinski definition) is 1. The summed E-state index contributed by atoms with van der Waals surface area (Å²) in [7, 11) is 1.78. The van der Waals surface area contributed by atoms with E-state index in [0.29, 0.717) is 22.7 Å². The van der Waals surface area contributed by atoms with Crippen LogP contribution in [-0.2, 0) is 21.4 Å². The van der Waals surface area contributed by atoms with Crippen LogP contribution in [0.4, 0.5) is 5.69 Å². The fourth-order valence-electron chi connectivity index (χ4n) is 2.36. The van der Waals surface area contributed by atoms with Crippen molar-refractivity contribution >= 4 is 17.6 Å². The number of esters is 1. The second-order valence-corrected chi connectivity index (χ2v) is 6.13. The van der Waals surface area contributed by atoms with Crippen LogP contribution in [0.5, 0.6) is 5.75 Å². The van der Waals surface area contributed by atoms with Gasteiger partial charge in [-0.3, -0.25) is 9.48 Å². The van der Waals surface area contributed by atoms with Crippen LogP contribution in [0.25, 0.3) is 0 Å². The van der Waals surface area contributed by atoms with Crippen molar-refractivity contribution in [3.05, 3.63) is 41.2 Å². The second-order valence-electron chi connectivity index (χ2n) is 6.13. The van der Waals surface area contributed by atoms with Gasteiger partial charge in [-0.05, 0) is 52.0 Å². The number of benzene rings is 1. The van der Waals surface area contributed by atoms with E-state index in [1.54, 1.807) is 42.9 Å². The van der Waals surface area contributed by atoms with Gasteiger partial charge in [-0.1, -0.05) is 0 Å². The Balaban J connectivity index is 1.93. The first-order chi connectivity index (χ1) is 12.7. The third-order valence-corrected chi connectivity index (χ3v) is 4.05. The average molecular weight is 370 g/mol. The zero-order valence-electron chi connectivity index (χ0n) is 15.9. The highest BCUT2D eigenvalue weighted by molar-refractivity contribution is 5.96. The number of nitriles is 1. The standard InChI is InChI=1S/C19H22N4O4/c1-11-17(12(2)23(5)22-11)21-18(24)13(3)27-19(25)14(4)26-16-8-6-15(10-20)7-9-16/h6-9,13-14H,1-5H3,(H,21,24)/t13-,14-/m1/s1. The van der Waals surface area contributed by atoms with E-state index in [1.165, 1.54) is 13.8 Å². The predicted octanol–water partition coefficient (Wildman–Crippen LogP) is 2.25. The highest BCUT2D eigenvalue weighted by atomic mass is 16.6. The molecule has 2 atom stereocenters. The van der Waals surface area contributed by atoms with E-state index in [2.05, 4.69) is 10.4 Å². The number of anilines is 1. The van der Waals surface area contributed by atoms with Gasteiger partial charge in [-0.25, -0.2) is 4.79 Å². The molecule has 0 saturated heterocycles. The van der Waals surface area contributed by atoms with Crippen molar-refractivity contribution in [3.8, 4) is 11.8 Å². The van der Waals surface area contributed by atoms with Crippen molar-refractivity contribution in [1.29, 1.82) is 5.26 Å². The average Bonchev–Trinajstić information content (AvgIpc) is 2.88. The molecular weight excluding hydrogens is 348 g/mol. The number of carbonyl (C=O) groups is 2. The summed E-state index contributed by atoms with van der Waals surface area (Å²) in [6.45, 7) is 6.63. The summed E-state index contributed by atoms with van der Waals surface area (Å²) in [6.07, 6.45) is -1.90. The SMILES string of the molecule is Cc1nn(C)c(C)c1NC(=O)[C@@H](C)OC(=O)[C@@H](C)Oc1ccc(C#N)cc1. The monoisotopic (exact) mass is 370 g/mol. The van der Waals surface area contributed by atoms with Crippen molar-refractivity contribution in [2.75, 3.05) is 5.32 Å². The molecule has 1 aromatic carbocycles. The van der Waals surface area contributed by atoms with Crippen LogP contribution in [0.2, 0.25) is 0 Å². The summed E-state index contributed by atoms with van der Waals surface area (Å²) in [5.41, 5.74) is 2.58. The maximum absolute atomic E-state index is 12.3. The number of ether oxygens (including phenoxy) is 2. The van der Waals surface area contributed by atoms with E-state index in [1.807, 2.05) is 13.0 Å². The van der Waals surface area contributed by atoms with Gasteiger partial charge >= 0.3 is 5.97 Å². The first-order valence-corrected chi connectivity index (χ1v) is 8.41. The molecule has 2 rings (SSSR count). The molecule has 2 aromatic rings. The molecule has 0 radical (unpaired) electrons. The van der Waals surface area contributed by atoms with Crippen LogP contribution >= 0.6 is 0 Å². The number of aromatic nitrogens is 2. The lowest BCUT2D eigenvalue weighted by atomic mass is 10.2. The Labute approximate surface area is 157 Å². The van der Waals surface area contributed by atoms with Crippen molar-refractivity contribution in [2.45, 2.75) is 39.9 Å². The van der Waals surface area contributed by atoms with Crippen molar-refractivity contribution in [1.82, 2.24) is 9.78 Å². The number of hydrogen-bond acceptors (Lipinski definition) is 6. The van der Waals surface area contributed by atoms with Crippen LogP contribution in [0.3, 0.4) is 0 Å². The zero-order valence-corrected chi connectivity index (χ0v) is 15.9. The maximum Gasteiger partial charge on any atom is 0.347 e. The Bertz CT molecular complexity index is 880. The highest BCUT2D eigenvalue weighted by Crippen LogP contribution is 2.19. The van der Waals surface area contributed by atoms with Gasteiger partial charge in [-0.15, -0.1) is 0 Å². The molecule has 1 N–H and O–H groups in total.